The van der Waals surface area contributed by atoms with Crippen LogP contribution in [0.15, 0.2) is 4.99 Å². The lowest BCUT2D eigenvalue weighted by atomic mass is 10.0. The molecule has 0 aromatic heterocycles. The first-order chi connectivity index (χ1) is 10.2. The quantitative estimate of drug-likeness (QED) is 0.417. The number of likely N-dealkylation sites (tertiary alicyclic amines) is 2. The summed E-state index contributed by atoms with van der Waals surface area (Å²) in [6, 6.07) is 0.624. The molecule has 2 unspecified atom stereocenters. The molecule has 0 aromatic carbocycles. The number of ether oxygens (including phenoxy) is 1. The van der Waals surface area contributed by atoms with Crippen molar-refractivity contribution in [3.05, 3.63) is 0 Å². The topological polar surface area (TPSA) is 40.1 Å². The average Bonchev–Trinajstić information content (AvgIpc) is 2.93. The number of rotatable bonds is 5. The third-order valence-electron chi connectivity index (χ3n) is 4.75. The fourth-order valence-electron chi connectivity index (χ4n) is 3.55. The molecule has 2 saturated heterocycles. The molecule has 0 aromatic rings. The first kappa shape index (κ1) is 20.0. The Labute approximate surface area is 152 Å². The number of hydrogen-bond acceptors (Lipinski definition) is 3. The van der Waals surface area contributed by atoms with E-state index >= 15 is 0 Å². The van der Waals surface area contributed by atoms with Crippen molar-refractivity contribution in [2.45, 2.75) is 38.6 Å². The van der Waals surface area contributed by atoms with E-state index in [0.29, 0.717) is 6.04 Å². The molecule has 0 saturated carbocycles. The van der Waals surface area contributed by atoms with Gasteiger partial charge in [0.05, 0.1) is 6.61 Å². The number of piperidine rings is 1. The molecule has 2 aliphatic heterocycles. The molecule has 6 heteroatoms. The Balaban J connectivity index is 0.00000242. The Hall–Kier alpha value is -0.0800. The molecule has 2 fully saturated rings. The van der Waals surface area contributed by atoms with E-state index in [1.807, 2.05) is 7.05 Å². The number of nitrogens with zero attached hydrogens (tertiary/aromatic N) is 3. The third kappa shape index (κ3) is 5.85. The van der Waals surface area contributed by atoms with E-state index in [2.05, 4.69) is 27.0 Å². The predicted octanol–water partition coefficient (Wildman–Crippen LogP) is 2.02. The number of nitrogens with one attached hydrogen (secondary N) is 1. The van der Waals surface area contributed by atoms with Gasteiger partial charge in [0.25, 0.3) is 0 Å². The highest BCUT2D eigenvalue weighted by Gasteiger charge is 2.25. The SMILES string of the molecule is CN=C(NCC1CCCN1CCOC)N1CCCC(C)C1.I. The summed E-state index contributed by atoms with van der Waals surface area (Å²) in [6.07, 6.45) is 5.21. The standard InChI is InChI=1S/C16H32N4O.HI/c1-14-6-4-9-20(13-14)16(17-2)18-12-15-7-5-8-19(15)10-11-21-3;/h14-15H,4-13H2,1-3H3,(H,17,18);1H. The van der Waals surface area contributed by atoms with Crippen LogP contribution in [0.2, 0.25) is 0 Å². The Bertz CT molecular complexity index is 340. The molecule has 2 heterocycles. The van der Waals surface area contributed by atoms with Crippen LogP contribution in [-0.2, 0) is 4.74 Å². The highest BCUT2D eigenvalue weighted by atomic mass is 127. The van der Waals surface area contributed by atoms with Gasteiger partial charge in [-0.2, -0.15) is 0 Å². The largest absolute Gasteiger partial charge is 0.383 e. The molecular weight excluding hydrogens is 391 g/mol. The van der Waals surface area contributed by atoms with Gasteiger partial charge in [-0.3, -0.25) is 9.89 Å². The monoisotopic (exact) mass is 424 g/mol. The van der Waals surface area contributed by atoms with E-state index in [9.17, 15) is 0 Å². The number of methoxy groups -OCH3 is 1. The van der Waals surface area contributed by atoms with Gasteiger partial charge in [-0.25, -0.2) is 0 Å². The van der Waals surface area contributed by atoms with Gasteiger partial charge in [-0.15, -0.1) is 24.0 Å². The van der Waals surface area contributed by atoms with Crippen molar-refractivity contribution in [1.82, 2.24) is 15.1 Å². The molecule has 22 heavy (non-hydrogen) atoms. The summed E-state index contributed by atoms with van der Waals surface area (Å²) in [4.78, 5) is 9.45. The van der Waals surface area contributed by atoms with E-state index in [-0.39, 0.29) is 24.0 Å². The lowest BCUT2D eigenvalue weighted by molar-refractivity contribution is 0.141. The van der Waals surface area contributed by atoms with Gasteiger partial charge in [-0.1, -0.05) is 6.92 Å². The second-order valence-electron chi connectivity index (χ2n) is 6.45. The molecule has 0 radical (unpaired) electrons. The van der Waals surface area contributed by atoms with Gasteiger partial charge >= 0.3 is 0 Å². The fourth-order valence-corrected chi connectivity index (χ4v) is 3.55. The maximum Gasteiger partial charge on any atom is 0.193 e. The van der Waals surface area contributed by atoms with Gasteiger partial charge in [0.1, 0.15) is 0 Å². The van der Waals surface area contributed by atoms with Crippen LogP contribution in [0.25, 0.3) is 0 Å². The lowest BCUT2D eigenvalue weighted by Crippen LogP contribution is -2.49. The van der Waals surface area contributed by atoms with Crippen molar-refractivity contribution in [3.63, 3.8) is 0 Å². The molecule has 2 atom stereocenters. The fraction of sp³-hybridized carbons (Fsp3) is 0.938. The van der Waals surface area contributed by atoms with Crippen LogP contribution in [0.5, 0.6) is 0 Å². The second kappa shape index (κ2) is 10.6. The molecule has 130 valence electrons. The molecule has 2 rings (SSSR count). The van der Waals surface area contributed by atoms with Crippen LogP contribution in [0.4, 0.5) is 0 Å². The van der Waals surface area contributed by atoms with E-state index < -0.39 is 0 Å². The zero-order valence-corrected chi connectivity index (χ0v) is 16.7. The molecule has 1 N–H and O–H groups in total. The summed E-state index contributed by atoms with van der Waals surface area (Å²) in [6.45, 7) is 8.69. The number of guanidine groups is 1. The second-order valence-corrected chi connectivity index (χ2v) is 6.45. The zero-order chi connectivity index (χ0) is 15.1. The van der Waals surface area contributed by atoms with Crippen molar-refractivity contribution >= 4 is 29.9 Å². The van der Waals surface area contributed by atoms with Crippen molar-refractivity contribution in [1.29, 1.82) is 0 Å². The van der Waals surface area contributed by atoms with Crippen molar-refractivity contribution in [2.24, 2.45) is 10.9 Å². The summed E-state index contributed by atoms with van der Waals surface area (Å²) in [5, 5.41) is 3.60. The summed E-state index contributed by atoms with van der Waals surface area (Å²) in [5.41, 5.74) is 0. The van der Waals surface area contributed by atoms with E-state index in [4.69, 9.17) is 4.74 Å². The summed E-state index contributed by atoms with van der Waals surface area (Å²) in [7, 11) is 3.68. The highest BCUT2D eigenvalue weighted by Crippen LogP contribution is 2.17. The Morgan fingerprint density at radius 3 is 2.73 bits per heavy atom. The van der Waals surface area contributed by atoms with E-state index in [1.165, 1.54) is 32.2 Å². The van der Waals surface area contributed by atoms with Crippen molar-refractivity contribution < 1.29 is 4.74 Å². The van der Waals surface area contributed by atoms with Crippen LogP contribution in [-0.4, -0.2) is 75.3 Å². The van der Waals surface area contributed by atoms with Gasteiger partial charge < -0.3 is 15.0 Å². The molecular formula is C16H33IN4O. The smallest absolute Gasteiger partial charge is 0.193 e. The maximum absolute atomic E-state index is 5.21. The number of aliphatic imine (C=N–C) groups is 1. The predicted molar refractivity (Wildman–Crippen MR) is 103 cm³/mol. The minimum absolute atomic E-state index is 0. The molecule has 5 nitrogen and oxygen atoms in total. The van der Waals surface area contributed by atoms with Crippen LogP contribution in [0, 0.1) is 5.92 Å². The zero-order valence-electron chi connectivity index (χ0n) is 14.4. The van der Waals surface area contributed by atoms with Crippen molar-refractivity contribution in [2.75, 3.05) is 53.5 Å². The van der Waals surface area contributed by atoms with Crippen molar-refractivity contribution in [3.8, 4) is 0 Å². The van der Waals surface area contributed by atoms with Crippen LogP contribution < -0.4 is 5.32 Å². The Morgan fingerprint density at radius 2 is 2.05 bits per heavy atom. The molecule has 2 aliphatic rings. The first-order valence-corrected chi connectivity index (χ1v) is 8.43. The highest BCUT2D eigenvalue weighted by molar-refractivity contribution is 14.0. The molecule has 0 spiro atoms. The normalized spacial score (nSPS) is 26.9. The van der Waals surface area contributed by atoms with Gasteiger partial charge in [-0.05, 0) is 38.1 Å². The van der Waals surface area contributed by atoms with Crippen LogP contribution in [0.3, 0.4) is 0 Å². The first-order valence-electron chi connectivity index (χ1n) is 8.43. The van der Waals surface area contributed by atoms with Crippen LogP contribution >= 0.6 is 24.0 Å². The van der Waals surface area contributed by atoms with E-state index in [0.717, 1.165) is 44.7 Å². The van der Waals surface area contributed by atoms with Crippen LogP contribution in [0.1, 0.15) is 32.6 Å². The Morgan fingerprint density at radius 1 is 1.27 bits per heavy atom. The van der Waals surface area contributed by atoms with Gasteiger partial charge in [0.15, 0.2) is 5.96 Å². The van der Waals surface area contributed by atoms with Gasteiger partial charge in [0.2, 0.25) is 0 Å². The number of halogens is 1. The van der Waals surface area contributed by atoms with Gasteiger partial charge in [0, 0.05) is 46.4 Å². The summed E-state index contributed by atoms with van der Waals surface area (Å²) < 4.78 is 5.21. The maximum atomic E-state index is 5.21. The molecule has 0 amide bonds. The van der Waals surface area contributed by atoms with E-state index in [1.54, 1.807) is 7.11 Å². The average molecular weight is 424 g/mol. The molecule has 0 aliphatic carbocycles. The minimum atomic E-state index is 0. The third-order valence-corrected chi connectivity index (χ3v) is 4.75. The lowest BCUT2D eigenvalue weighted by Gasteiger charge is -2.34. The molecule has 0 bridgehead atoms. The number of hydrogen-bond donors (Lipinski definition) is 1. The summed E-state index contributed by atoms with van der Waals surface area (Å²) >= 11 is 0. The summed E-state index contributed by atoms with van der Waals surface area (Å²) in [5.74, 6) is 1.86. The Kier molecular flexibility index (Phi) is 9.66. The minimum Gasteiger partial charge on any atom is -0.383 e.